The molecule has 0 saturated heterocycles. The van der Waals surface area contributed by atoms with Crippen LogP contribution in [0.3, 0.4) is 0 Å². The number of benzene rings is 1. The number of aryl methyl sites for hydroxylation is 1. The lowest BCUT2D eigenvalue weighted by Crippen LogP contribution is -2.44. The van der Waals surface area contributed by atoms with Crippen molar-refractivity contribution in [2.75, 3.05) is 0 Å². The molecule has 3 heteroatoms. The standard InChI is InChI=1S/C17H24N2S/c1-4-17(5-2,14-9-7-6-8-10-14)16(19-18)15-11-12-20-13(15)3/h6-12,16,19H,4-5,18H2,1-3H3. The largest absolute Gasteiger partial charge is 0.271 e. The van der Waals surface area contributed by atoms with Gasteiger partial charge in [0.1, 0.15) is 0 Å². The maximum atomic E-state index is 5.96. The normalized spacial score (nSPS) is 13.4. The molecule has 0 aliphatic rings. The van der Waals surface area contributed by atoms with Crippen molar-refractivity contribution >= 4 is 11.3 Å². The first-order valence-corrected chi connectivity index (χ1v) is 8.13. The maximum Gasteiger partial charge on any atom is 0.0567 e. The van der Waals surface area contributed by atoms with E-state index in [1.54, 1.807) is 11.3 Å². The first-order chi connectivity index (χ1) is 9.69. The average Bonchev–Trinajstić information content (AvgIpc) is 2.91. The third-order valence-electron chi connectivity index (χ3n) is 4.54. The molecule has 1 heterocycles. The van der Waals surface area contributed by atoms with Gasteiger partial charge in [-0.15, -0.1) is 11.3 Å². The molecule has 0 spiro atoms. The van der Waals surface area contributed by atoms with E-state index in [1.165, 1.54) is 16.0 Å². The van der Waals surface area contributed by atoms with Crippen LogP contribution in [-0.4, -0.2) is 0 Å². The van der Waals surface area contributed by atoms with E-state index in [9.17, 15) is 0 Å². The Morgan fingerprint density at radius 1 is 1.15 bits per heavy atom. The first-order valence-electron chi connectivity index (χ1n) is 7.25. The lowest BCUT2D eigenvalue weighted by Gasteiger charge is -2.40. The van der Waals surface area contributed by atoms with Crippen LogP contribution in [0.5, 0.6) is 0 Å². The number of thiophene rings is 1. The molecule has 108 valence electrons. The van der Waals surface area contributed by atoms with E-state index >= 15 is 0 Å². The molecule has 0 radical (unpaired) electrons. The van der Waals surface area contributed by atoms with Gasteiger partial charge in [0.25, 0.3) is 0 Å². The van der Waals surface area contributed by atoms with Crippen molar-refractivity contribution in [1.29, 1.82) is 0 Å². The fourth-order valence-corrected chi connectivity index (χ4v) is 3.99. The van der Waals surface area contributed by atoms with Crippen molar-refractivity contribution in [2.24, 2.45) is 5.84 Å². The molecule has 0 aliphatic carbocycles. The maximum absolute atomic E-state index is 5.96. The Morgan fingerprint density at radius 3 is 2.25 bits per heavy atom. The van der Waals surface area contributed by atoms with Crippen molar-refractivity contribution in [3.05, 3.63) is 57.8 Å². The van der Waals surface area contributed by atoms with E-state index in [0.29, 0.717) is 0 Å². The van der Waals surface area contributed by atoms with Gasteiger partial charge in [0, 0.05) is 10.3 Å². The summed E-state index contributed by atoms with van der Waals surface area (Å²) in [5.74, 6) is 5.96. The summed E-state index contributed by atoms with van der Waals surface area (Å²) in [5.41, 5.74) is 5.81. The van der Waals surface area contributed by atoms with Crippen LogP contribution < -0.4 is 11.3 Å². The lowest BCUT2D eigenvalue weighted by molar-refractivity contribution is 0.276. The molecule has 2 nitrogen and oxygen atoms in total. The molecule has 20 heavy (non-hydrogen) atoms. The first kappa shape index (κ1) is 15.2. The second-order valence-electron chi connectivity index (χ2n) is 5.26. The molecule has 1 atom stereocenters. The third-order valence-corrected chi connectivity index (χ3v) is 5.40. The quantitative estimate of drug-likeness (QED) is 0.613. The van der Waals surface area contributed by atoms with Gasteiger partial charge in [-0.05, 0) is 42.3 Å². The predicted octanol–water partition coefficient (Wildman–Crippen LogP) is 4.32. The van der Waals surface area contributed by atoms with E-state index in [-0.39, 0.29) is 11.5 Å². The van der Waals surface area contributed by atoms with Crippen molar-refractivity contribution in [3.63, 3.8) is 0 Å². The zero-order valence-electron chi connectivity index (χ0n) is 12.5. The summed E-state index contributed by atoms with van der Waals surface area (Å²) in [7, 11) is 0. The Kier molecular flexibility index (Phi) is 4.97. The molecule has 0 aliphatic heterocycles. The molecule has 1 unspecified atom stereocenters. The fraction of sp³-hybridized carbons (Fsp3) is 0.412. The number of hydrogen-bond donors (Lipinski definition) is 2. The number of nitrogens with one attached hydrogen (secondary N) is 1. The van der Waals surface area contributed by atoms with Crippen LogP contribution in [0.2, 0.25) is 0 Å². The van der Waals surface area contributed by atoms with Crippen LogP contribution in [0.4, 0.5) is 0 Å². The summed E-state index contributed by atoms with van der Waals surface area (Å²) < 4.78 is 0. The molecule has 2 aromatic rings. The lowest BCUT2D eigenvalue weighted by atomic mass is 9.68. The van der Waals surface area contributed by atoms with Gasteiger partial charge in [0.2, 0.25) is 0 Å². The molecular weight excluding hydrogens is 264 g/mol. The van der Waals surface area contributed by atoms with Crippen LogP contribution >= 0.6 is 11.3 Å². The van der Waals surface area contributed by atoms with Gasteiger partial charge in [0.15, 0.2) is 0 Å². The number of hydrogen-bond acceptors (Lipinski definition) is 3. The minimum absolute atomic E-state index is 0.0296. The molecule has 0 saturated carbocycles. The number of nitrogens with two attached hydrogens (primary N) is 1. The average molecular weight is 288 g/mol. The highest BCUT2D eigenvalue weighted by molar-refractivity contribution is 7.10. The van der Waals surface area contributed by atoms with E-state index in [4.69, 9.17) is 5.84 Å². The van der Waals surface area contributed by atoms with Crippen LogP contribution in [0.1, 0.15) is 48.7 Å². The Bertz CT molecular complexity index is 529. The Labute approximate surface area is 126 Å². The smallest absolute Gasteiger partial charge is 0.0567 e. The predicted molar refractivity (Wildman–Crippen MR) is 87.8 cm³/mol. The summed E-state index contributed by atoms with van der Waals surface area (Å²) in [6.45, 7) is 6.68. The SMILES string of the molecule is CCC(CC)(c1ccccc1)C(NN)c1ccsc1C. The Balaban J connectivity index is 2.54. The van der Waals surface area contributed by atoms with Crippen molar-refractivity contribution in [3.8, 4) is 0 Å². The van der Waals surface area contributed by atoms with Gasteiger partial charge in [-0.2, -0.15) is 0 Å². The molecule has 1 aromatic carbocycles. The van der Waals surface area contributed by atoms with Crippen LogP contribution in [-0.2, 0) is 5.41 Å². The summed E-state index contributed by atoms with van der Waals surface area (Å²) in [6, 6.07) is 13.1. The zero-order valence-corrected chi connectivity index (χ0v) is 13.3. The van der Waals surface area contributed by atoms with E-state index in [2.05, 4.69) is 68.0 Å². The zero-order chi connectivity index (χ0) is 14.6. The highest BCUT2D eigenvalue weighted by atomic mass is 32.1. The van der Waals surface area contributed by atoms with Crippen molar-refractivity contribution in [1.82, 2.24) is 5.43 Å². The topological polar surface area (TPSA) is 38.0 Å². The van der Waals surface area contributed by atoms with Gasteiger partial charge in [-0.25, -0.2) is 0 Å². The van der Waals surface area contributed by atoms with Crippen LogP contribution in [0.15, 0.2) is 41.8 Å². The van der Waals surface area contributed by atoms with E-state index < -0.39 is 0 Å². The van der Waals surface area contributed by atoms with Crippen molar-refractivity contribution in [2.45, 2.75) is 45.1 Å². The number of hydrazine groups is 1. The molecule has 2 rings (SSSR count). The summed E-state index contributed by atoms with van der Waals surface area (Å²) in [4.78, 5) is 1.34. The molecule has 3 N–H and O–H groups in total. The fourth-order valence-electron chi connectivity index (χ4n) is 3.24. The van der Waals surface area contributed by atoms with Gasteiger partial charge < -0.3 is 0 Å². The highest BCUT2D eigenvalue weighted by Gasteiger charge is 2.38. The van der Waals surface area contributed by atoms with Crippen molar-refractivity contribution < 1.29 is 0 Å². The molecule has 0 bridgehead atoms. The summed E-state index contributed by atoms with van der Waals surface area (Å²) in [6.07, 6.45) is 2.11. The summed E-state index contributed by atoms with van der Waals surface area (Å²) >= 11 is 1.78. The minimum atomic E-state index is 0.0296. The summed E-state index contributed by atoms with van der Waals surface area (Å²) in [5, 5.41) is 2.15. The van der Waals surface area contributed by atoms with E-state index in [1.807, 2.05) is 0 Å². The molecule has 1 aromatic heterocycles. The second-order valence-corrected chi connectivity index (χ2v) is 6.38. The van der Waals surface area contributed by atoms with Crippen LogP contribution in [0, 0.1) is 6.92 Å². The second kappa shape index (κ2) is 6.53. The van der Waals surface area contributed by atoms with Gasteiger partial charge in [0.05, 0.1) is 6.04 Å². The van der Waals surface area contributed by atoms with Gasteiger partial charge in [-0.3, -0.25) is 11.3 Å². The van der Waals surface area contributed by atoms with E-state index in [0.717, 1.165) is 12.8 Å². The van der Waals surface area contributed by atoms with Gasteiger partial charge in [-0.1, -0.05) is 44.2 Å². The Morgan fingerprint density at radius 2 is 1.80 bits per heavy atom. The Hall–Kier alpha value is -1.16. The van der Waals surface area contributed by atoms with Crippen LogP contribution in [0.25, 0.3) is 0 Å². The molecule has 0 fully saturated rings. The molecular formula is C17H24N2S. The number of rotatable bonds is 6. The van der Waals surface area contributed by atoms with Gasteiger partial charge >= 0.3 is 0 Å². The highest BCUT2D eigenvalue weighted by Crippen LogP contribution is 2.44. The molecule has 0 amide bonds. The third kappa shape index (κ3) is 2.53. The monoisotopic (exact) mass is 288 g/mol. The minimum Gasteiger partial charge on any atom is -0.271 e.